The number of carbonyl (C=O) groups excluding carboxylic acids is 2. The average Bonchev–Trinajstić information content (AvgIpc) is 3.60. The topological polar surface area (TPSA) is 107 Å². The van der Waals surface area contributed by atoms with Gasteiger partial charge in [0, 0.05) is 43.9 Å². The number of benzene rings is 2. The van der Waals surface area contributed by atoms with Gasteiger partial charge in [-0.25, -0.2) is 17.2 Å². The van der Waals surface area contributed by atoms with Gasteiger partial charge >= 0.3 is 0 Å². The van der Waals surface area contributed by atoms with E-state index in [9.17, 15) is 31.9 Å². The Bertz CT molecular complexity index is 1230. The third kappa shape index (κ3) is 6.38. The molecule has 0 radical (unpaired) electrons. The predicted molar refractivity (Wildman–Crippen MR) is 131 cm³/mol. The van der Waals surface area contributed by atoms with Crippen molar-refractivity contribution in [2.24, 2.45) is 0 Å². The second-order valence-corrected chi connectivity index (χ2v) is 11.4. The van der Waals surface area contributed by atoms with E-state index in [4.69, 9.17) is 0 Å². The van der Waals surface area contributed by atoms with Crippen LogP contribution in [0.25, 0.3) is 11.1 Å². The van der Waals surface area contributed by atoms with E-state index in [2.05, 4.69) is 4.72 Å². The number of sulfonamides is 1. The van der Waals surface area contributed by atoms with Crippen LogP contribution < -0.4 is 4.72 Å². The molecule has 0 atom stereocenters. The van der Waals surface area contributed by atoms with Gasteiger partial charge in [0.25, 0.3) is 11.8 Å². The quantitative estimate of drug-likeness (QED) is 0.556. The number of amides is 2. The van der Waals surface area contributed by atoms with Crippen molar-refractivity contribution in [3.8, 4) is 11.1 Å². The minimum atomic E-state index is -3.93. The lowest BCUT2D eigenvalue weighted by molar-refractivity contribution is -0.143. The van der Waals surface area contributed by atoms with Crippen LogP contribution in [0.5, 0.6) is 0 Å². The summed E-state index contributed by atoms with van der Waals surface area (Å²) in [5, 5.41) is 10.0. The summed E-state index contributed by atoms with van der Waals surface area (Å²) < 4.78 is 52.7. The van der Waals surface area contributed by atoms with E-state index in [1.54, 1.807) is 52.3 Å². The highest BCUT2D eigenvalue weighted by molar-refractivity contribution is 7.92. The first-order valence-electron chi connectivity index (χ1n) is 11.8. The van der Waals surface area contributed by atoms with Gasteiger partial charge in [0.05, 0.1) is 5.75 Å². The molecular formula is C25H29F2N3O5S. The molecule has 11 heteroatoms. The molecule has 2 aromatic rings. The van der Waals surface area contributed by atoms with Gasteiger partial charge in [0.2, 0.25) is 15.9 Å². The molecule has 2 N–H and O–H groups in total. The Morgan fingerprint density at radius 3 is 2.19 bits per heavy atom. The summed E-state index contributed by atoms with van der Waals surface area (Å²) >= 11 is 0. The molecule has 2 amide bonds. The number of hydrogen-bond acceptors (Lipinski definition) is 5. The van der Waals surface area contributed by atoms with E-state index >= 15 is 0 Å². The Balaban J connectivity index is 1.37. The number of anilines is 1. The highest BCUT2D eigenvalue weighted by atomic mass is 32.2. The van der Waals surface area contributed by atoms with E-state index in [1.165, 1.54) is 6.07 Å². The minimum absolute atomic E-state index is 0.159. The third-order valence-electron chi connectivity index (χ3n) is 6.39. The molecule has 0 spiro atoms. The largest absolute Gasteiger partial charge is 0.380 e. The van der Waals surface area contributed by atoms with Crippen LogP contribution in [-0.4, -0.2) is 78.6 Å². The Morgan fingerprint density at radius 1 is 1.00 bits per heavy atom. The summed E-state index contributed by atoms with van der Waals surface area (Å²) in [7, 11) is -3.93. The Hall–Kier alpha value is -3.05. The lowest BCUT2D eigenvalue weighted by Gasteiger charge is -2.35. The number of nitrogens with one attached hydrogen (secondary N) is 1. The third-order valence-corrected chi connectivity index (χ3v) is 7.67. The summed E-state index contributed by atoms with van der Waals surface area (Å²) in [6.45, 7) is 2.20. The monoisotopic (exact) mass is 521 g/mol. The van der Waals surface area contributed by atoms with Crippen molar-refractivity contribution in [3.63, 3.8) is 0 Å². The zero-order chi connectivity index (χ0) is 26.1. The molecule has 8 nitrogen and oxygen atoms in total. The molecular weight excluding hydrogens is 492 g/mol. The van der Waals surface area contributed by atoms with Gasteiger partial charge in [0.1, 0.15) is 5.60 Å². The molecule has 1 saturated heterocycles. The van der Waals surface area contributed by atoms with Crippen molar-refractivity contribution in [2.75, 3.05) is 36.7 Å². The van der Waals surface area contributed by atoms with Crippen molar-refractivity contribution in [3.05, 3.63) is 54.1 Å². The summed E-state index contributed by atoms with van der Waals surface area (Å²) in [6, 6.07) is 13.4. The Morgan fingerprint density at radius 2 is 1.61 bits per heavy atom. The van der Waals surface area contributed by atoms with Gasteiger partial charge in [-0.3, -0.25) is 14.3 Å². The predicted octanol–water partition coefficient (Wildman–Crippen LogP) is 2.95. The van der Waals surface area contributed by atoms with Crippen LogP contribution >= 0.6 is 0 Å². The van der Waals surface area contributed by atoms with E-state index in [0.717, 1.165) is 5.56 Å². The number of nitrogens with zero attached hydrogens (tertiary/aromatic N) is 2. The standard InChI is InChI=1S/C25H29F2N3O5S/c1-24(26,27)11-16-36(34,35)28-21-4-2-3-20(17-21)18-5-7-19(8-6-18)22(31)29-12-14-30(15-13-29)23(32)25(33)9-10-25/h2-8,17,28,33H,9-16H2,1H3. The number of alkyl halides is 2. The van der Waals surface area contributed by atoms with Crippen LogP contribution in [0.2, 0.25) is 0 Å². The summed E-state index contributed by atoms with van der Waals surface area (Å²) in [5.41, 5.74) is 0.983. The Labute approximate surface area is 208 Å². The van der Waals surface area contributed by atoms with Crippen molar-refractivity contribution in [1.29, 1.82) is 0 Å². The van der Waals surface area contributed by atoms with Gasteiger partial charge in [-0.1, -0.05) is 24.3 Å². The van der Waals surface area contributed by atoms with Crippen molar-refractivity contribution < 1.29 is 31.9 Å². The van der Waals surface area contributed by atoms with Gasteiger partial charge < -0.3 is 14.9 Å². The number of hydrogen-bond donors (Lipinski definition) is 2. The second kappa shape index (κ2) is 9.78. The van der Waals surface area contributed by atoms with E-state index in [1.807, 2.05) is 0 Å². The normalized spacial score (nSPS) is 17.6. The molecule has 194 valence electrons. The fourth-order valence-corrected chi connectivity index (χ4v) is 5.25. The van der Waals surface area contributed by atoms with Gasteiger partial charge in [-0.2, -0.15) is 0 Å². The summed E-state index contributed by atoms with van der Waals surface area (Å²) in [4.78, 5) is 28.5. The second-order valence-electron chi connectivity index (χ2n) is 9.52. The molecule has 2 aromatic carbocycles. The first kappa shape index (κ1) is 26.0. The molecule has 0 aromatic heterocycles. The first-order valence-corrected chi connectivity index (χ1v) is 13.4. The Kier molecular flexibility index (Phi) is 7.07. The van der Waals surface area contributed by atoms with E-state index < -0.39 is 33.7 Å². The molecule has 0 unspecified atom stereocenters. The van der Waals surface area contributed by atoms with Crippen LogP contribution in [0.3, 0.4) is 0 Å². The summed E-state index contributed by atoms with van der Waals surface area (Å²) in [6.07, 6.45) is 0.207. The number of rotatable bonds is 8. The molecule has 2 fully saturated rings. The highest BCUT2D eigenvalue weighted by Gasteiger charge is 2.50. The lowest BCUT2D eigenvalue weighted by atomic mass is 10.0. The van der Waals surface area contributed by atoms with Crippen molar-refractivity contribution in [1.82, 2.24) is 9.80 Å². The molecule has 0 bridgehead atoms. The van der Waals surface area contributed by atoms with Crippen molar-refractivity contribution >= 4 is 27.5 Å². The number of piperazine rings is 1. The van der Waals surface area contributed by atoms with Crippen LogP contribution in [0.1, 0.15) is 36.5 Å². The van der Waals surface area contributed by atoms with Gasteiger partial charge in [-0.05, 0) is 55.2 Å². The first-order chi connectivity index (χ1) is 16.9. The van der Waals surface area contributed by atoms with Crippen LogP contribution in [-0.2, 0) is 14.8 Å². The molecule has 1 saturated carbocycles. The fourth-order valence-electron chi connectivity index (χ4n) is 4.03. The number of carbonyl (C=O) groups is 2. The summed E-state index contributed by atoms with van der Waals surface area (Å²) in [5.74, 6) is -4.18. The average molecular weight is 522 g/mol. The lowest BCUT2D eigenvalue weighted by Crippen LogP contribution is -2.53. The van der Waals surface area contributed by atoms with Gasteiger partial charge in [-0.15, -0.1) is 0 Å². The van der Waals surface area contributed by atoms with Crippen LogP contribution in [0.4, 0.5) is 14.5 Å². The zero-order valence-corrected chi connectivity index (χ0v) is 20.7. The molecule has 4 rings (SSSR count). The molecule has 2 aliphatic rings. The van der Waals surface area contributed by atoms with E-state index in [-0.39, 0.29) is 17.5 Å². The molecule has 1 heterocycles. The number of halogens is 2. The van der Waals surface area contributed by atoms with E-state index in [0.29, 0.717) is 57.1 Å². The molecule has 1 aliphatic carbocycles. The van der Waals surface area contributed by atoms with Gasteiger partial charge in [0.15, 0.2) is 0 Å². The smallest absolute Gasteiger partial charge is 0.254 e. The minimum Gasteiger partial charge on any atom is -0.380 e. The fraction of sp³-hybridized carbons (Fsp3) is 0.440. The molecule has 1 aliphatic heterocycles. The molecule has 36 heavy (non-hydrogen) atoms. The maximum Gasteiger partial charge on any atom is 0.254 e. The van der Waals surface area contributed by atoms with Crippen LogP contribution in [0.15, 0.2) is 48.5 Å². The number of aliphatic hydroxyl groups is 1. The zero-order valence-electron chi connectivity index (χ0n) is 19.9. The van der Waals surface area contributed by atoms with Crippen LogP contribution in [0, 0.1) is 0 Å². The van der Waals surface area contributed by atoms with Crippen molar-refractivity contribution in [2.45, 2.75) is 37.7 Å². The SMILES string of the molecule is CC(F)(F)CCS(=O)(=O)Nc1cccc(-c2ccc(C(=O)N3CCN(C(=O)C4(O)CC4)CC3)cc2)c1. The highest BCUT2D eigenvalue weighted by Crippen LogP contribution is 2.37. The maximum atomic E-state index is 13.0. The maximum absolute atomic E-state index is 13.0.